The van der Waals surface area contributed by atoms with Crippen LogP contribution >= 0.6 is 11.6 Å². The third-order valence-electron chi connectivity index (χ3n) is 4.17. The Morgan fingerprint density at radius 1 is 0.808 bits per heavy atom. The molecule has 3 aromatic carbocycles. The number of halogens is 1. The van der Waals surface area contributed by atoms with Crippen LogP contribution in [0, 0.1) is 0 Å². The lowest BCUT2D eigenvalue weighted by Crippen LogP contribution is -2.01. The van der Waals surface area contributed by atoms with Crippen LogP contribution in [0.5, 0.6) is 0 Å². The molecular formula is C22H16ClNO2. The van der Waals surface area contributed by atoms with E-state index in [-0.39, 0.29) is 0 Å². The zero-order chi connectivity index (χ0) is 17.9. The van der Waals surface area contributed by atoms with Gasteiger partial charge in [-0.25, -0.2) is 4.98 Å². The maximum absolute atomic E-state index is 10.9. The first-order valence-electron chi connectivity index (χ1n) is 8.28. The van der Waals surface area contributed by atoms with E-state index in [1.165, 1.54) is 0 Å². The third kappa shape index (κ3) is 3.15. The molecule has 4 aromatic rings. The lowest BCUT2D eigenvalue weighted by molar-refractivity contribution is 0.216. The minimum atomic E-state index is -0.897. The lowest BCUT2D eigenvalue weighted by Gasteiger charge is -2.09. The first-order valence-corrected chi connectivity index (χ1v) is 8.66. The van der Waals surface area contributed by atoms with Gasteiger partial charge in [0.25, 0.3) is 0 Å². The zero-order valence-corrected chi connectivity index (χ0v) is 14.6. The summed E-state index contributed by atoms with van der Waals surface area (Å²) < 4.78 is 6.05. The van der Waals surface area contributed by atoms with Crippen molar-refractivity contribution in [2.24, 2.45) is 0 Å². The maximum atomic E-state index is 10.9. The van der Waals surface area contributed by atoms with Gasteiger partial charge in [-0.05, 0) is 17.7 Å². The molecule has 3 nitrogen and oxygen atoms in total. The van der Waals surface area contributed by atoms with Crippen LogP contribution in [-0.4, -0.2) is 10.1 Å². The van der Waals surface area contributed by atoms with Crippen molar-refractivity contribution in [1.29, 1.82) is 0 Å². The van der Waals surface area contributed by atoms with Gasteiger partial charge in [-0.15, -0.1) is 0 Å². The van der Waals surface area contributed by atoms with Gasteiger partial charge in [0.15, 0.2) is 5.76 Å². The molecule has 0 fully saturated rings. The number of nitrogens with zero attached hydrogens (tertiary/aromatic N) is 1. The molecule has 0 radical (unpaired) electrons. The average Bonchev–Trinajstić information content (AvgIpc) is 3.14. The van der Waals surface area contributed by atoms with Gasteiger partial charge in [-0.1, -0.05) is 84.4 Å². The molecule has 0 amide bonds. The SMILES string of the molecule is OC(c1ccccc1)c1nc(-c2ccccc2Cl)oc1-c1ccccc1. The molecular weight excluding hydrogens is 346 g/mol. The van der Waals surface area contributed by atoms with E-state index in [0.29, 0.717) is 27.9 Å². The van der Waals surface area contributed by atoms with Gasteiger partial charge in [0, 0.05) is 5.56 Å². The van der Waals surface area contributed by atoms with Crippen LogP contribution in [0.2, 0.25) is 5.02 Å². The number of oxazole rings is 1. The second kappa shape index (κ2) is 7.16. The smallest absolute Gasteiger partial charge is 0.228 e. The molecule has 0 saturated heterocycles. The number of aliphatic hydroxyl groups excluding tert-OH is 1. The van der Waals surface area contributed by atoms with Gasteiger partial charge in [-0.3, -0.25) is 0 Å². The predicted molar refractivity (Wildman–Crippen MR) is 103 cm³/mol. The number of hydrogen-bond acceptors (Lipinski definition) is 3. The third-order valence-corrected chi connectivity index (χ3v) is 4.50. The standard InChI is InChI=1S/C22H16ClNO2/c23-18-14-8-7-13-17(18)22-24-19(20(25)15-9-3-1-4-10-15)21(26-22)16-11-5-2-6-12-16/h1-14,20,25H. The Morgan fingerprint density at radius 2 is 1.42 bits per heavy atom. The second-order valence-electron chi connectivity index (χ2n) is 5.89. The summed E-state index contributed by atoms with van der Waals surface area (Å²) in [6.45, 7) is 0. The lowest BCUT2D eigenvalue weighted by atomic mass is 10.0. The van der Waals surface area contributed by atoms with E-state index < -0.39 is 6.10 Å². The van der Waals surface area contributed by atoms with E-state index in [9.17, 15) is 5.11 Å². The largest absolute Gasteiger partial charge is 0.436 e. The summed E-state index contributed by atoms with van der Waals surface area (Å²) in [5.74, 6) is 0.927. The number of aromatic nitrogens is 1. The zero-order valence-electron chi connectivity index (χ0n) is 13.8. The molecule has 0 spiro atoms. The van der Waals surface area contributed by atoms with Crippen LogP contribution in [0.15, 0.2) is 89.3 Å². The molecule has 0 aliphatic carbocycles. The molecule has 4 rings (SSSR count). The fourth-order valence-corrected chi connectivity index (χ4v) is 3.07. The molecule has 0 bridgehead atoms. The molecule has 0 saturated carbocycles. The van der Waals surface area contributed by atoms with Gasteiger partial charge >= 0.3 is 0 Å². The number of benzene rings is 3. The summed E-state index contributed by atoms with van der Waals surface area (Å²) in [7, 11) is 0. The molecule has 128 valence electrons. The highest BCUT2D eigenvalue weighted by Gasteiger charge is 2.24. The molecule has 0 aliphatic rings. The molecule has 1 N–H and O–H groups in total. The fourth-order valence-electron chi connectivity index (χ4n) is 2.86. The first kappa shape index (κ1) is 16.6. The van der Waals surface area contributed by atoms with Crippen molar-refractivity contribution in [3.8, 4) is 22.8 Å². The topological polar surface area (TPSA) is 46.3 Å². The van der Waals surface area contributed by atoms with Crippen molar-refractivity contribution in [3.63, 3.8) is 0 Å². The van der Waals surface area contributed by atoms with E-state index in [1.54, 1.807) is 6.07 Å². The maximum Gasteiger partial charge on any atom is 0.228 e. The summed E-state index contributed by atoms with van der Waals surface area (Å²) in [6.07, 6.45) is -0.897. The Kier molecular flexibility index (Phi) is 4.57. The van der Waals surface area contributed by atoms with E-state index >= 15 is 0 Å². The molecule has 26 heavy (non-hydrogen) atoms. The summed E-state index contributed by atoms with van der Waals surface area (Å²) in [4.78, 5) is 4.59. The highest BCUT2D eigenvalue weighted by molar-refractivity contribution is 6.33. The number of rotatable bonds is 4. The van der Waals surface area contributed by atoms with Gasteiger partial charge in [0.05, 0.1) is 10.6 Å². The quantitative estimate of drug-likeness (QED) is 0.504. The van der Waals surface area contributed by atoms with Crippen LogP contribution in [0.1, 0.15) is 17.4 Å². The van der Waals surface area contributed by atoms with Crippen molar-refractivity contribution in [2.45, 2.75) is 6.10 Å². The predicted octanol–water partition coefficient (Wildman–Crippen LogP) is 5.74. The first-order chi connectivity index (χ1) is 12.7. The Balaban J connectivity index is 1.88. The molecule has 1 aromatic heterocycles. The highest BCUT2D eigenvalue weighted by atomic mass is 35.5. The Morgan fingerprint density at radius 3 is 2.12 bits per heavy atom. The monoisotopic (exact) mass is 361 g/mol. The van der Waals surface area contributed by atoms with Crippen molar-refractivity contribution >= 4 is 11.6 Å². The normalized spacial score (nSPS) is 12.1. The van der Waals surface area contributed by atoms with E-state index in [1.807, 2.05) is 78.9 Å². The summed E-state index contributed by atoms with van der Waals surface area (Å²) >= 11 is 6.30. The van der Waals surface area contributed by atoms with E-state index in [0.717, 1.165) is 11.1 Å². The molecule has 1 heterocycles. The van der Waals surface area contributed by atoms with Gasteiger partial charge in [0.2, 0.25) is 5.89 Å². The van der Waals surface area contributed by atoms with Crippen molar-refractivity contribution in [3.05, 3.63) is 101 Å². The van der Waals surface area contributed by atoms with Gasteiger partial charge in [-0.2, -0.15) is 0 Å². The van der Waals surface area contributed by atoms with Gasteiger partial charge in [0.1, 0.15) is 11.8 Å². The van der Waals surface area contributed by atoms with Crippen LogP contribution < -0.4 is 0 Å². The average molecular weight is 362 g/mol. The Labute approximate surface area is 156 Å². The Bertz CT molecular complexity index is 1010. The van der Waals surface area contributed by atoms with Crippen molar-refractivity contribution < 1.29 is 9.52 Å². The van der Waals surface area contributed by atoms with Crippen LogP contribution in [0.4, 0.5) is 0 Å². The Hall–Kier alpha value is -2.88. The van der Waals surface area contributed by atoms with Crippen LogP contribution in [0.25, 0.3) is 22.8 Å². The fraction of sp³-hybridized carbons (Fsp3) is 0.0455. The highest BCUT2D eigenvalue weighted by Crippen LogP contribution is 2.37. The van der Waals surface area contributed by atoms with Gasteiger partial charge < -0.3 is 9.52 Å². The van der Waals surface area contributed by atoms with Crippen LogP contribution in [0.3, 0.4) is 0 Å². The van der Waals surface area contributed by atoms with E-state index in [4.69, 9.17) is 16.0 Å². The summed E-state index contributed by atoms with van der Waals surface area (Å²) in [6, 6.07) is 26.4. The summed E-state index contributed by atoms with van der Waals surface area (Å²) in [5.41, 5.74) is 2.77. The number of aliphatic hydroxyl groups is 1. The van der Waals surface area contributed by atoms with Crippen molar-refractivity contribution in [1.82, 2.24) is 4.98 Å². The molecule has 4 heteroatoms. The minimum Gasteiger partial charge on any atom is -0.436 e. The molecule has 1 atom stereocenters. The summed E-state index contributed by atoms with van der Waals surface area (Å²) in [5, 5.41) is 11.5. The minimum absolute atomic E-state index is 0.388. The van der Waals surface area contributed by atoms with Crippen LogP contribution in [-0.2, 0) is 0 Å². The number of hydrogen-bond donors (Lipinski definition) is 1. The molecule has 1 unspecified atom stereocenters. The second-order valence-corrected chi connectivity index (χ2v) is 6.30. The molecule has 0 aliphatic heterocycles. The van der Waals surface area contributed by atoms with E-state index in [2.05, 4.69) is 4.98 Å². The van der Waals surface area contributed by atoms with Crippen molar-refractivity contribution in [2.75, 3.05) is 0 Å².